The molecule has 8 N–H and O–H groups in total. The molecule has 0 bridgehead atoms. The second-order valence-corrected chi connectivity index (χ2v) is 10.5. The lowest BCUT2D eigenvalue weighted by atomic mass is 10.0. The van der Waals surface area contributed by atoms with Crippen molar-refractivity contribution in [1.82, 2.24) is 0 Å². The van der Waals surface area contributed by atoms with Crippen molar-refractivity contribution >= 4 is 31.3 Å². The highest BCUT2D eigenvalue weighted by atomic mass is 31.2. The molecule has 0 saturated carbocycles. The second kappa shape index (κ2) is 9.63. The number of phosphoric ester groups is 4. The van der Waals surface area contributed by atoms with Gasteiger partial charge in [0.05, 0.1) is 0 Å². The van der Waals surface area contributed by atoms with Crippen molar-refractivity contribution in [3.63, 3.8) is 0 Å². The monoisotopic (exact) mass is 574 g/mol. The van der Waals surface area contributed by atoms with E-state index in [2.05, 4.69) is 18.1 Å². The van der Waals surface area contributed by atoms with E-state index in [0.717, 1.165) is 0 Å². The first-order valence-corrected chi connectivity index (χ1v) is 13.9. The molecule has 0 fully saturated rings. The SMILES string of the molecule is O=P(O)(O)Oc1cc(F)c(-c2cc(OP(=O)(O)O)c(OP(=O)(O)O)cc2F)cc1OP(=O)(O)O. The first-order chi connectivity index (χ1) is 15.1. The summed E-state index contributed by atoms with van der Waals surface area (Å²) in [5.74, 6) is -8.03. The molecule has 0 atom stereocenters. The predicted molar refractivity (Wildman–Crippen MR) is 102 cm³/mol. The van der Waals surface area contributed by atoms with Crippen LogP contribution in [0.15, 0.2) is 24.3 Å². The van der Waals surface area contributed by atoms with Gasteiger partial charge in [-0.3, -0.25) is 39.1 Å². The molecule has 0 heterocycles. The molecule has 0 saturated heterocycles. The summed E-state index contributed by atoms with van der Waals surface area (Å²) < 4.78 is 90.2. The van der Waals surface area contributed by atoms with Crippen LogP contribution in [-0.2, 0) is 18.3 Å². The van der Waals surface area contributed by atoms with E-state index in [9.17, 15) is 27.0 Å². The minimum atomic E-state index is -5.47. The molecule has 22 heteroatoms. The summed E-state index contributed by atoms with van der Waals surface area (Å²) in [5.41, 5.74) is -2.00. The van der Waals surface area contributed by atoms with Gasteiger partial charge in [-0.1, -0.05) is 0 Å². The van der Waals surface area contributed by atoms with Crippen molar-refractivity contribution in [3.8, 4) is 34.1 Å². The smallest absolute Gasteiger partial charge is 0.400 e. The van der Waals surface area contributed by atoms with Gasteiger partial charge in [-0.2, -0.15) is 0 Å². The number of benzene rings is 2. The lowest BCUT2D eigenvalue weighted by molar-refractivity contribution is 0.263. The number of halogens is 2. The average Bonchev–Trinajstić information content (AvgIpc) is 2.55. The molecule has 16 nitrogen and oxygen atoms in total. The summed E-state index contributed by atoms with van der Waals surface area (Å²) in [6.45, 7) is 0. The van der Waals surface area contributed by atoms with E-state index in [1.807, 2.05) is 0 Å². The molecule has 2 aromatic carbocycles. The predicted octanol–water partition coefficient (Wildman–Crippen LogP) is 1.52. The number of phosphoric acid groups is 4. The summed E-state index contributed by atoms with van der Waals surface area (Å²) >= 11 is 0. The maximum atomic E-state index is 14.6. The van der Waals surface area contributed by atoms with Crippen molar-refractivity contribution in [2.75, 3.05) is 0 Å². The summed E-state index contributed by atoms with van der Waals surface area (Å²) in [6, 6.07) is 0.843. The number of rotatable bonds is 9. The third kappa shape index (κ3) is 8.71. The normalized spacial score (nSPS) is 12.9. The molecule has 2 aromatic rings. The molecule has 0 aliphatic carbocycles. The number of hydrogen-bond acceptors (Lipinski definition) is 8. The summed E-state index contributed by atoms with van der Waals surface area (Å²) in [6.07, 6.45) is 0. The third-order valence-corrected chi connectivity index (χ3v) is 4.96. The molecule has 0 unspecified atom stereocenters. The van der Waals surface area contributed by atoms with Gasteiger partial charge >= 0.3 is 31.3 Å². The molecule has 0 spiro atoms. The minimum Gasteiger partial charge on any atom is -0.400 e. The fraction of sp³-hybridized carbons (Fsp3) is 0. The first-order valence-electron chi connectivity index (χ1n) is 7.81. The number of hydrogen-bond donors (Lipinski definition) is 8. The molecule has 190 valence electrons. The van der Waals surface area contributed by atoms with Crippen LogP contribution in [0.4, 0.5) is 8.78 Å². The van der Waals surface area contributed by atoms with Crippen LogP contribution >= 0.6 is 31.3 Å². The fourth-order valence-corrected chi connectivity index (χ4v) is 3.88. The zero-order valence-electron chi connectivity index (χ0n) is 15.7. The molecule has 0 amide bonds. The maximum absolute atomic E-state index is 14.6. The maximum Gasteiger partial charge on any atom is 0.524 e. The van der Waals surface area contributed by atoms with Gasteiger partial charge in [0.2, 0.25) is 0 Å². The van der Waals surface area contributed by atoms with Gasteiger partial charge < -0.3 is 18.1 Å². The van der Waals surface area contributed by atoms with Gasteiger partial charge in [-0.05, 0) is 12.1 Å². The van der Waals surface area contributed by atoms with Crippen LogP contribution in [0.5, 0.6) is 23.0 Å². The van der Waals surface area contributed by atoms with E-state index < -0.39 is 77.1 Å². The molecule has 2 rings (SSSR count). The van der Waals surface area contributed by atoms with E-state index in [1.54, 1.807) is 0 Å². The molecule has 0 aliphatic heterocycles. The summed E-state index contributed by atoms with van der Waals surface area (Å²) in [4.78, 5) is 71.4. The van der Waals surface area contributed by atoms with Crippen LogP contribution in [0.1, 0.15) is 0 Å². The topological polar surface area (TPSA) is 267 Å². The minimum absolute atomic E-state index is 0.127. The molecule has 34 heavy (non-hydrogen) atoms. The Bertz CT molecular complexity index is 1190. The molecular weight excluding hydrogens is 562 g/mol. The van der Waals surface area contributed by atoms with Gasteiger partial charge in [0.25, 0.3) is 0 Å². The van der Waals surface area contributed by atoms with Crippen LogP contribution in [-0.4, -0.2) is 39.1 Å². The molecule has 0 aliphatic rings. The Morgan fingerprint density at radius 3 is 0.882 bits per heavy atom. The Balaban J connectivity index is 2.78. The van der Waals surface area contributed by atoms with Crippen LogP contribution in [0.25, 0.3) is 11.1 Å². The highest BCUT2D eigenvalue weighted by Gasteiger charge is 2.30. The van der Waals surface area contributed by atoms with Gasteiger partial charge in [-0.25, -0.2) is 27.0 Å². The highest BCUT2D eigenvalue weighted by molar-refractivity contribution is 7.47. The van der Waals surface area contributed by atoms with Gasteiger partial charge in [0, 0.05) is 23.3 Å². The summed E-state index contributed by atoms with van der Waals surface area (Å²) in [7, 11) is -21.8. The fourth-order valence-electron chi connectivity index (χ4n) is 2.28. The van der Waals surface area contributed by atoms with Crippen LogP contribution in [0.3, 0.4) is 0 Å². The molecule has 0 radical (unpaired) electrons. The summed E-state index contributed by atoms with van der Waals surface area (Å²) in [5, 5.41) is 0. The Morgan fingerprint density at radius 1 is 0.471 bits per heavy atom. The lowest BCUT2D eigenvalue weighted by Gasteiger charge is -2.17. The largest absolute Gasteiger partial charge is 0.524 e. The van der Waals surface area contributed by atoms with Gasteiger partial charge in [-0.15, -0.1) is 0 Å². The quantitative estimate of drug-likeness (QED) is 0.197. The van der Waals surface area contributed by atoms with Crippen LogP contribution in [0.2, 0.25) is 0 Å². The van der Waals surface area contributed by atoms with Gasteiger partial charge in [0.15, 0.2) is 23.0 Å². The van der Waals surface area contributed by atoms with Crippen molar-refractivity contribution < 1.29 is 84.3 Å². The Morgan fingerprint density at radius 2 is 0.676 bits per heavy atom. The zero-order chi connectivity index (χ0) is 26.3. The lowest BCUT2D eigenvalue weighted by Crippen LogP contribution is -2.01. The Labute approximate surface area is 186 Å². The van der Waals surface area contributed by atoms with Crippen LogP contribution < -0.4 is 18.1 Å². The van der Waals surface area contributed by atoms with E-state index in [1.165, 1.54) is 0 Å². The van der Waals surface area contributed by atoms with E-state index in [4.69, 9.17) is 39.1 Å². The van der Waals surface area contributed by atoms with E-state index in [-0.39, 0.29) is 12.1 Å². The first kappa shape index (κ1) is 28.3. The van der Waals surface area contributed by atoms with Gasteiger partial charge in [0.1, 0.15) is 11.6 Å². The zero-order valence-corrected chi connectivity index (χ0v) is 19.3. The van der Waals surface area contributed by atoms with Crippen LogP contribution in [0, 0.1) is 11.6 Å². The third-order valence-electron chi connectivity index (χ3n) is 3.23. The standard InChI is InChI=1S/C12H12F2O16P4/c13-7-3-11(29-33(21,22)23)9(27-31(15,16)17)1-5(7)6-2-10(28-32(18,19)20)12(4-8(6)14)30-34(24,25)26/h1-4H,(H2,15,16,17)(H2,18,19,20)(H2,21,22,23)(H2,24,25,26). The van der Waals surface area contributed by atoms with Crippen molar-refractivity contribution in [1.29, 1.82) is 0 Å². The Kier molecular flexibility index (Phi) is 8.02. The molecular formula is C12H12F2O16P4. The highest BCUT2D eigenvalue weighted by Crippen LogP contribution is 2.52. The van der Waals surface area contributed by atoms with Crippen molar-refractivity contribution in [2.24, 2.45) is 0 Å². The van der Waals surface area contributed by atoms with Crippen molar-refractivity contribution in [3.05, 3.63) is 35.9 Å². The Hall–Kier alpha value is -1.90. The second-order valence-electron chi connectivity index (χ2n) is 5.89. The molecule has 0 aromatic heterocycles. The van der Waals surface area contributed by atoms with E-state index >= 15 is 0 Å². The average molecular weight is 574 g/mol. The van der Waals surface area contributed by atoms with Crippen molar-refractivity contribution in [2.45, 2.75) is 0 Å². The van der Waals surface area contributed by atoms with E-state index in [0.29, 0.717) is 12.1 Å².